The summed E-state index contributed by atoms with van der Waals surface area (Å²) in [6.07, 6.45) is 7.60. The Morgan fingerprint density at radius 2 is 2.12 bits per heavy atom. The zero-order chi connectivity index (χ0) is 12.1. The number of nitriles is 1. The Hall–Kier alpha value is -1.67. The maximum absolute atomic E-state index is 8.92. The summed E-state index contributed by atoms with van der Waals surface area (Å²) in [5, 5.41) is 12.2. The third kappa shape index (κ3) is 2.71. The summed E-state index contributed by atoms with van der Waals surface area (Å²) in [6.45, 7) is 0. The first kappa shape index (κ1) is 11.8. The predicted octanol–water partition coefficient (Wildman–Crippen LogP) is 1.26. The molecule has 0 amide bonds. The van der Waals surface area contributed by atoms with Crippen LogP contribution in [0, 0.1) is 11.3 Å². The zero-order valence-electron chi connectivity index (χ0n) is 9.89. The minimum absolute atomic E-state index is 0.0811. The van der Waals surface area contributed by atoms with Gasteiger partial charge in [0.15, 0.2) is 0 Å². The lowest BCUT2D eigenvalue weighted by molar-refractivity contribution is 0.112. The van der Waals surface area contributed by atoms with Gasteiger partial charge in [-0.05, 0) is 26.3 Å². The Morgan fingerprint density at radius 1 is 1.35 bits per heavy atom. The molecule has 1 aromatic heterocycles. The molecule has 0 saturated heterocycles. The van der Waals surface area contributed by atoms with Gasteiger partial charge in [0.05, 0.1) is 0 Å². The third-order valence-corrected chi connectivity index (χ3v) is 3.11. The largest absolute Gasteiger partial charge is 0.471 e. The van der Waals surface area contributed by atoms with Gasteiger partial charge in [-0.1, -0.05) is 6.42 Å². The summed E-state index contributed by atoms with van der Waals surface area (Å²) in [6, 6.07) is 2.33. The molecule has 0 aromatic carbocycles. The molecule has 1 aliphatic carbocycles. The minimum Gasteiger partial charge on any atom is -0.471 e. The van der Waals surface area contributed by atoms with Crippen molar-refractivity contribution in [2.24, 2.45) is 0 Å². The fraction of sp³-hybridized carbons (Fsp3) is 0.583. The van der Waals surface area contributed by atoms with Gasteiger partial charge >= 0.3 is 0 Å². The van der Waals surface area contributed by atoms with Crippen LogP contribution in [0.5, 0.6) is 5.88 Å². The smallest absolute Gasteiger partial charge is 0.251 e. The Kier molecular flexibility index (Phi) is 3.89. The second-order valence-electron chi connectivity index (χ2n) is 4.16. The predicted molar refractivity (Wildman–Crippen MR) is 62.5 cm³/mol. The standard InChI is InChI=1S/C12H16N4O/c1-14-9-4-2-3-5-11(9)17-12-10(8-13)15-6-7-16-12/h6-7,9,11,14H,2-5H2,1H3. The molecule has 5 nitrogen and oxygen atoms in total. The lowest BCUT2D eigenvalue weighted by Gasteiger charge is -2.31. The molecule has 0 aliphatic heterocycles. The molecular formula is C12H16N4O. The van der Waals surface area contributed by atoms with E-state index < -0.39 is 0 Å². The SMILES string of the molecule is CNC1CCCCC1Oc1nccnc1C#N. The summed E-state index contributed by atoms with van der Waals surface area (Å²) in [4.78, 5) is 8.02. The lowest BCUT2D eigenvalue weighted by Crippen LogP contribution is -2.43. The van der Waals surface area contributed by atoms with Gasteiger partial charge < -0.3 is 10.1 Å². The normalized spacial score (nSPS) is 24.0. The van der Waals surface area contributed by atoms with Crippen molar-refractivity contribution in [3.05, 3.63) is 18.1 Å². The van der Waals surface area contributed by atoms with Crippen molar-refractivity contribution in [2.45, 2.75) is 37.8 Å². The summed E-state index contributed by atoms with van der Waals surface area (Å²) >= 11 is 0. The Bertz CT molecular complexity index is 415. The molecule has 2 atom stereocenters. The number of rotatable bonds is 3. The van der Waals surface area contributed by atoms with Crippen LogP contribution in [0.3, 0.4) is 0 Å². The molecular weight excluding hydrogens is 216 g/mol. The van der Waals surface area contributed by atoms with Gasteiger partial charge in [0, 0.05) is 18.4 Å². The van der Waals surface area contributed by atoms with Crippen molar-refractivity contribution < 1.29 is 4.74 Å². The highest BCUT2D eigenvalue weighted by Crippen LogP contribution is 2.23. The van der Waals surface area contributed by atoms with Crippen LogP contribution in [0.4, 0.5) is 0 Å². The lowest BCUT2D eigenvalue weighted by atomic mass is 9.92. The number of hydrogen-bond donors (Lipinski definition) is 1. The molecule has 2 unspecified atom stereocenters. The van der Waals surface area contributed by atoms with Crippen molar-refractivity contribution >= 4 is 0 Å². The molecule has 2 rings (SSSR count). The molecule has 1 aromatic rings. The van der Waals surface area contributed by atoms with Gasteiger partial charge in [-0.25, -0.2) is 9.97 Å². The average molecular weight is 232 g/mol. The molecule has 0 radical (unpaired) electrons. The van der Waals surface area contributed by atoms with E-state index in [-0.39, 0.29) is 11.8 Å². The van der Waals surface area contributed by atoms with Gasteiger partial charge in [0.2, 0.25) is 5.69 Å². The number of ether oxygens (including phenoxy) is 1. The number of aromatic nitrogens is 2. The molecule has 5 heteroatoms. The van der Waals surface area contributed by atoms with Crippen LogP contribution in [-0.4, -0.2) is 29.2 Å². The Balaban J connectivity index is 2.11. The van der Waals surface area contributed by atoms with Crippen molar-refractivity contribution in [1.82, 2.24) is 15.3 Å². The first-order chi connectivity index (χ1) is 8.35. The first-order valence-corrected chi connectivity index (χ1v) is 5.90. The van der Waals surface area contributed by atoms with Crippen LogP contribution >= 0.6 is 0 Å². The Morgan fingerprint density at radius 3 is 2.88 bits per heavy atom. The molecule has 1 N–H and O–H groups in total. The minimum atomic E-state index is 0.0811. The zero-order valence-corrected chi connectivity index (χ0v) is 9.89. The topological polar surface area (TPSA) is 70.8 Å². The highest BCUT2D eigenvalue weighted by atomic mass is 16.5. The molecule has 1 heterocycles. The van der Waals surface area contributed by atoms with Crippen molar-refractivity contribution in [3.8, 4) is 11.9 Å². The summed E-state index contributed by atoms with van der Waals surface area (Å²) in [7, 11) is 1.94. The monoisotopic (exact) mass is 232 g/mol. The van der Waals surface area contributed by atoms with Gasteiger partial charge in [-0.15, -0.1) is 0 Å². The van der Waals surface area contributed by atoms with E-state index >= 15 is 0 Å². The van der Waals surface area contributed by atoms with E-state index in [1.165, 1.54) is 12.6 Å². The van der Waals surface area contributed by atoms with Crippen LogP contribution in [0.15, 0.2) is 12.4 Å². The molecule has 1 saturated carbocycles. The van der Waals surface area contributed by atoms with E-state index in [9.17, 15) is 0 Å². The van der Waals surface area contributed by atoms with Gasteiger partial charge in [-0.2, -0.15) is 5.26 Å². The Labute approximate surface area is 101 Å². The fourth-order valence-corrected chi connectivity index (χ4v) is 2.20. The number of likely N-dealkylation sites (N-methyl/N-ethyl adjacent to an activating group) is 1. The summed E-state index contributed by atoms with van der Waals surface area (Å²) < 4.78 is 5.82. The van der Waals surface area contributed by atoms with E-state index in [0.29, 0.717) is 11.9 Å². The van der Waals surface area contributed by atoms with Crippen molar-refractivity contribution in [2.75, 3.05) is 7.05 Å². The van der Waals surface area contributed by atoms with Gasteiger partial charge in [0.25, 0.3) is 5.88 Å². The van der Waals surface area contributed by atoms with Crippen LogP contribution in [0.2, 0.25) is 0 Å². The number of nitrogens with one attached hydrogen (secondary N) is 1. The third-order valence-electron chi connectivity index (χ3n) is 3.11. The van der Waals surface area contributed by atoms with Crippen LogP contribution < -0.4 is 10.1 Å². The van der Waals surface area contributed by atoms with E-state index in [2.05, 4.69) is 15.3 Å². The van der Waals surface area contributed by atoms with E-state index in [1.807, 2.05) is 13.1 Å². The van der Waals surface area contributed by atoms with Crippen LogP contribution in [0.1, 0.15) is 31.4 Å². The molecule has 0 spiro atoms. The fourth-order valence-electron chi connectivity index (χ4n) is 2.20. The van der Waals surface area contributed by atoms with Gasteiger partial charge in [0.1, 0.15) is 12.2 Å². The molecule has 0 bridgehead atoms. The second kappa shape index (κ2) is 5.60. The second-order valence-corrected chi connectivity index (χ2v) is 4.16. The van der Waals surface area contributed by atoms with E-state index in [0.717, 1.165) is 19.3 Å². The quantitative estimate of drug-likeness (QED) is 0.849. The van der Waals surface area contributed by atoms with Gasteiger partial charge in [-0.3, -0.25) is 0 Å². The molecule has 90 valence electrons. The summed E-state index contributed by atoms with van der Waals surface area (Å²) in [5.74, 6) is 0.349. The highest BCUT2D eigenvalue weighted by molar-refractivity contribution is 5.30. The summed E-state index contributed by atoms with van der Waals surface area (Å²) in [5.41, 5.74) is 0.257. The highest BCUT2D eigenvalue weighted by Gasteiger charge is 2.26. The van der Waals surface area contributed by atoms with Crippen LogP contribution in [0.25, 0.3) is 0 Å². The van der Waals surface area contributed by atoms with Crippen molar-refractivity contribution in [1.29, 1.82) is 5.26 Å². The number of hydrogen-bond acceptors (Lipinski definition) is 5. The van der Waals surface area contributed by atoms with E-state index in [4.69, 9.17) is 10.00 Å². The van der Waals surface area contributed by atoms with Crippen LogP contribution in [-0.2, 0) is 0 Å². The molecule has 17 heavy (non-hydrogen) atoms. The first-order valence-electron chi connectivity index (χ1n) is 5.90. The maximum Gasteiger partial charge on any atom is 0.251 e. The number of nitrogens with zero attached hydrogens (tertiary/aromatic N) is 3. The molecule has 1 fully saturated rings. The van der Waals surface area contributed by atoms with Crippen molar-refractivity contribution in [3.63, 3.8) is 0 Å². The van der Waals surface area contributed by atoms with E-state index in [1.54, 1.807) is 6.20 Å². The molecule has 1 aliphatic rings. The maximum atomic E-state index is 8.92. The average Bonchev–Trinajstić information content (AvgIpc) is 2.40.